The number of carbonyl (C=O) groups excluding carboxylic acids is 1. The number of hydrogen-bond donors (Lipinski definition) is 0. The van der Waals surface area contributed by atoms with Gasteiger partial charge >= 0.3 is 0 Å². The van der Waals surface area contributed by atoms with E-state index in [0.29, 0.717) is 12.1 Å². The number of piperidine rings is 1. The van der Waals surface area contributed by atoms with Crippen LogP contribution in [0, 0.1) is 31.1 Å². The van der Waals surface area contributed by atoms with Crippen LogP contribution in [0.5, 0.6) is 0 Å². The van der Waals surface area contributed by atoms with Gasteiger partial charge in [-0.3, -0.25) is 4.79 Å². The quantitative estimate of drug-likeness (QED) is 0.824. The van der Waals surface area contributed by atoms with Gasteiger partial charge in [0.1, 0.15) is 11.9 Å². The number of carbonyl (C=O) groups is 1. The molecule has 6 heteroatoms. The van der Waals surface area contributed by atoms with Crippen molar-refractivity contribution in [3.8, 4) is 6.07 Å². The fraction of sp³-hybridized carbons (Fsp3) is 0.611. The number of aryl methyl sites for hydroxylation is 2. The standard InChI is InChI=1S/C18H24N4OS/c1-13-10-14(2)20-17(16(13)11-19)22-5-3-4-15(12-22)18(23)21-6-8-24-9-7-21/h10,15H,3-9,12H2,1-2H3. The molecule has 1 aromatic rings. The number of pyridine rings is 1. The molecule has 1 atom stereocenters. The molecule has 3 heterocycles. The van der Waals surface area contributed by atoms with Gasteiger partial charge in [-0.2, -0.15) is 17.0 Å². The molecule has 1 amide bonds. The number of amides is 1. The van der Waals surface area contributed by atoms with Gasteiger partial charge in [0.05, 0.1) is 11.5 Å². The number of nitrogens with zero attached hydrogens (tertiary/aromatic N) is 4. The molecule has 0 bridgehead atoms. The Morgan fingerprint density at radius 3 is 2.79 bits per heavy atom. The molecule has 0 radical (unpaired) electrons. The molecular formula is C18H24N4OS. The van der Waals surface area contributed by atoms with Gasteiger partial charge in [0.2, 0.25) is 5.91 Å². The molecule has 5 nitrogen and oxygen atoms in total. The highest BCUT2D eigenvalue weighted by Gasteiger charge is 2.31. The van der Waals surface area contributed by atoms with Gasteiger partial charge in [0, 0.05) is 43.4 Å². The normalized spacial score (nSPS) is 21.5. The summed E-state index contributed by atoms with van der Waals surface area (Å²) in [6.45, 7) is 7.18. The van der Waals surface area contributed by atoms with Crippen molar-refractivity contribution in [2.75, 3.05) is 42.6 Å². The lowest BCUT2D eigenvalue weighted by Crippen LogP contribution is -2.47. The van der Waals surface area contributed by atoms with Crippen LogP contribution < -0.4 is 4.90 Å². The fourth-order valence-corrected chi connectivity index (χ4v) is 4.50. The Balaban J connectivity index is 1.79. The molecular weight excluding hydrogens is 320 g/mol. The summed E-state index contributed by atoms with van der Waals surface area (Å²) in [5, 5.41) is 9.51. The van der Waals surface area contributed by atoms with Gasteiger partial charge in [-0.1, -0.05) is 0 Å². The first-order chi connectivity index (χ1) is 11.6. The fourth-order valence-electron chi connectivity index (χ4n) is 3.60. The summed E-state index contributed by atoms with van der Waals surface area (Å²) in [4.78, 5) is 21.6. The van der Waals surface area contributed by atoms with Crippen LogP contribution in [0.2, 0.25) is 0 Å². The third-order valence-corrected chi connectivity index (χ3v) is 5.77. The van der Waals surface area contributed by atoms with Crippen LogP contribution in [-0.2, 0) is 4.79 Å². The highest BCUT2D eigenvalue weighted by Crippen LogP contribution is 2.28. The van der Waals surface area contributed by atoms with E-state index in [-0.39, 0.29) is 11.8 Å². The van der Waals surface area contributed by atoms with Crippen LogP contribution in [0.25, 0.3) is 0 Å². The molecule has 0 aliphatic carbocycles. The Morgan fingerprint density at radius 2 is 2.08 bits per heavy atom. The third kappa shape index (κ3) is 3.51. The summed E-state index contributed by atoms with van der Waals surface area (Å²) in [6.07, 6.45) is 1.91. The molecule has 2 fully saturated rings. The minimum atomic E-state index is 0.0241. The van der Waals surface area contributed by atoms with E-state index in [1.807, 2.05) is 36.6 Å². The van der Waals surface area contributed by atoms with E-state index in [2.05, 4.69) is 16.0 Å². The van der Waals surface area contributed by atoms with E-state index in [1.165, 1.54) is 0 Å². The molecule has 128 valence electrons. The Kier molecular flexibility index (Phi) is 5.30. The first kappa shape index (κ1) is 17.1. The Hall–Kier alpha value is -1.74. The second-order valence-electron chi connectivity index (χ2n) is 6.61. The van der Waals surface area contributed by atoms with Gasteiger partial charge in [0.15, 0.2) is 0 Å². The number of nitriles is 1. The maximum atomic E-state index is 12.8. The van der Waals surface area contributed by atoms with Gasteiger partial charge in [-0.15, -0.1) is 0 Å². The first-order valence-electron chi connectivity index (χ1n) is 8.60. The summed E-state index contributed by atoms with van der Waals surface area (Å²) in [5.74, 6) is 3.14. The van der Waals surface area contributed by atoms with Crippen LogP contribution in [0.1, 0.15) is 29.7 Å². The van der Waals surface area contributed by atoms with Crippen LogP contribution in [-0.4, -0.2) is 53.5 Å². The molecule has 2 aliphatic rings. The minimum Gasteiger partial charge on any atom is -0.355 e. The third-order valence-electron chi connectivity index (χ3n) is 4.83. The van der Waals surface area contributed by atoms with Crippen molar-refractivity contribution >= 4 is 23.5 Å². The summed E-state index contributed by atoms with van der Waals surface area (Å²) < 4.78 is 0. The van der Waals surface area contributed by atoms with E-state index in [4.69, 9.17) is 0 Å². The van der Waals surface area contributed by atoms with Crippen LogP contribution in [0.15, 0.2) is 6.07 Å². The number of thioether (sulfide) groups is 1. The van der Waals surface area contributed by atoms with Crippen LogP contribution in [0.4, 0.5) is 5.82 Å². The van der Waals surface area contributed by atoms with Gasteiger partial charge in [-0.25, -0.2) is 4.98 Å². The molecule has 24 heavy (non-hydrogen) atoms. The highest BCUT2D eigenvalue weighted by molar-refractivity contribution is 7.99. The van der Waals surface area contributed by atoms with Crippen molar-refractivity contribution < 1.29 is 4.79 Å². The molecule has 3 rings (SSSR count). The van der Waals surface area contributed by atoms with E-state index >= 15 is 0 Å². The zero-order chi connectivity index (χ0) is 17.1. The smallest absolute Gasteiger partial charge is 0.227 e. The topological polar surface area (TPSA) is 60.2 Å². The molecule has 2 saturated heterocycles. The molecule has 0 N–H and O–H groups in total. The van der Waals surface area contributed by atoms with Crippen molar-refractivity contribution in [3.63, 3.8) is 0 Å². The van der Waals surface area contributed by atoms with Crippen molar-refractivity contribution in [2.45, 2.75) is 26.7 Å². The van der Waals surface area contributed by atoms with E-state index in [0.717, 1.165) is 61.1 Å². The van der Waals surface area contributed by atoms with Gasteiger partial charge < -0.3 is 9.80 Å². The summed E-state index contributed by atoms with van der Waals surface area (Å²) in [6, 6.07) is 4.24. The number of anilines is 1. The van der Waals surface area contributed by atoms with E-state index in [9.17, 15) is 10.1 Å². The summed E-state index contributed by atoms with van der Waals surface area (Å²) in [5.41, 5.74) is 2.52. The number of hydrogen-bond acceptors (Lipinski definition) is 5. The Labute approximate surface area is 148 Å². The number of rotatable bonds is 2. The lowest BCUT2D eigenvalue weighted by molar-refractivity contribution is -0.135. The van der Waals surface area contributed by atoms with Crippen molar-refractivity contribution in [1.29, 1.82) is 5.26 Å². The second-order valence-corrected chi connectivity index (χ2v) is 7.84. The molecule has 0 aromatic carbocycles. The molecule has 1 unspecified atom stereocenters. The van der Waals surface area contributed by atoms with Gasteiger partial charge in [-0.05, 0) is 38.3 Å². The summed E-state index contributed by atoms with van der Waals surface area (Å²) in [7, 11) is 0. The average molecular weight is 344 g/mol. The Bertz CT molecular complexity index is 664. The minimum absolute atomic E-state index is 0.0241. The summed E-state index contributed by atoms with van der Waals surface area (Å²) >= 11 is 1.92. The van der Waals surface area contributed by atoms with Crippen LogP contribution >= 0.6 is 11.8 Å². The van der Waals surface area contributed by atoms with Crippen molar-refractivity contribution in [3.05, 3.63) is 22.9 Å². The molecule has 1 aromatic heterocycles. The number of aromatic nitrogens is 1. The first-order valence-corrected chi connectivity index (χ1v) is 9.75. The van der Waals surface area contributed by atoms with Crippen LogP contribution in [0.3, 0.4) is 0 Å². The van der Waals surface area contributed by atoms with Crippen molar-refractivity contribution in [1.82, 2.24) is 9.88 Å². The second kappa shape index (κ2) is 7.43. The SMILES string of the molecule is Cc1cc(C)c(C#N)c(N2CCCC(C(=O)N3CCSCC3)C2)n1. The lowest BCUT2D eigenvalue weighted by atomic mass is 9.95. The zero-order valence-corrected chi connectivity index (χ0v) is 15.2. The van der Waals surface area contributed by atoms with Gasteiger partial charge in [0.25, 0.3) is 0 Å². The largest absolute Gasteiger partial charge is 0.355 e. The molecule has 0 saturated carbocycles. The predicted octanol–water partition coefficient (Wildman–Crippen LogP) is 2.36. The highest BCUT2D eigenvalue weighted by atomic mass is 32.2. The maximum absolute atomic E-state index is 12.8. The van der Waals surface area contributed by atoms with Crippen molar-refractivity contribution in [2.24, 2.45) is 5.92 Å². The lowest BCUT2D eigenvalue weighted by Gasteiger charge is -2.37. The monoisotopic (exact) mass is 344 g/mol. The molecule has 2 aliphatic heterocycles. The molecule has 0 spiro atoms. The zero-order valence-electron chi connectivity index (χ0n) is 14.4. The average Bonchev–Trinajstić information content (AvgIpc) is 2.61. The maximum Gasteiger partial charge on any atom is 0.227 e. The van der Waals surface area contributed by atoms with E-state index < -0.39 is 0 Å². The predicted molar refractivity (Wildman–Crippen MR) is 97.3 cm³/mol. The van der Waals surface area contributed by atoms with E-state index in [1.54, 1.807) is 0 Å². The Morgan fingerprint density at radius 1 is 1.33 bits per heavy atom.